The van der Waals surface area contributed by atoms with Gasteiger partial charge in [0.15, 0.2) is 0 Å². The second-order valence-electron chi connectivity index (χ2n) is 5.22. The van der Waals surface area contributed by atoms with Crippen LogP contribution >= 0.6 is 11.6 Å². The summed E-state index contributed by atoms with van der Waals surface area (Å²) in [6.45, 7) is 5.03. The lowest BCUT2D eigenvalue weighted by molar-refractivity contribution is -0.120. The highest BCUT2D eigenvalue weighted by Gasteiger charge is 2.13. The number of amides is 1. The number of sulfonamides is 1. The maximum atomic E-state index is 12.0. The first kappa shape index (κ1) is 19.9. The van der Waals surface area contributed by atoms with Crippen molar-refractivity contribution >= 4 is 27.5 Å². The van der Waals surface area contributed by atoms with E-state index >= 15 is 0 Å². The van der Waals surface area contributed by atoms with Crippen LogP contribution in [0.25, 0.3) is 0 Å². The molecule has 0 unspecified atom stereocenters. The Morgan fingerprint density at radius 1 is 1.22 bits per heavy atom. The van der Waals surface area contributed by atoms with Crippen molar-refractivity contribution in [2.24, 2.45) is 0 Å². The summed E-state index contributed by atoms with van der Waals surface area (Å²) in [7, 11) is -3.62. The van der Waals surface area contributed by atoms with E-state index in [-0.39, 0.29) is 29.9 Å². The third-order valence-electron chi connectivity index (χ3n) is 2.86. The molecular weight excluding hydrogens is 340 g/mol. The number of ether oxygens (including phenoxy) is 1. The minimum absolute atomic E-state index is 0.0410. The molecule has 0 heterocycles. The molecule has 0 radical (unpaired) electrons. The number of benzene rings is 1. The van der Waals surface area contributed by atoms with Crippen molar-refractivity contribution in [1.29, 1.82) is 0 Å². The van der Waals surface area contributed by atoms with E-state index in [1.54, 1.807) is 0 Å². The highest BCUT2D eigenvalue weighted by molar-refractivity contribution is 7.89. The van der Waals surface area contributed by atoms with E-state index < -0.39 is 10.0 Å². The third kappa shape index (κ3) is 8.31. The molecule has 0 aliphatic heterocycles. The molecule has 0 aliphatic rings. The van der Waals surface area contributed by atoms with Gasteiger partial charge in [-0.15, -0.1) is 0 Å². The van der Waals surface area contributed by atoms with Gasteiger partial charge in [0.2, 0.25) is 15.9 Å². The van der Waals surface area contributed by atoms with Gasteiger partial charge in [-0.05, 0) is 44.5 Å². The van der Waals surface area contributed by atoms with E-state index in [4.69, 9.17) is 16.3 Å². The zero-order chi connectivity index (χ0) is 17.3. The number of hydrogen-bond acceptors (Lipinski definition) is 4. The molecule has 1 aromatic carbocycles. The van der Waals surface area contributed by atoms with Gasteiger partial charge in [0, 0.05) is 31.1 Å². The Labute approximate surface area is 142 Å². The van der Waals surface area contributed by atoms with Crippen LogP contribution in [0.15, 0.2) is 29.2 Å². The molecule has 1 rings (SSSR count). The molecule has 0 saturated heterocycles. The minimum atomic E-state index is -3.62. The SMILES string of the molecule is CC(C)OCCCNC(=O)CCNS(=O)(=O)c1ccc(Cl)cc1. The van der Waals surface area contributed by atoms with Crippen molar-refractivity contribution in [2.75, 3.05) is 19.7 Å². The summed E-state index contributed by atoms with van der Waals surface area (Å²) in [5.74, 6) is -0.201. The van der Waals surface area contributed by atoms with Crippen LogP contribution in [0.1, 0.15) is 26.7 Å². The molecule has 130 valence electrons. The van der Waals surface area contributed by atoms with Crippen LogP contribution in [0.2, 0.25) is 5.02 Å². The van der Waals surface area contributed by atoms with Crippen LogP contribution in [0.4, 0.5) is 0 Å². The lowest BCUT2D eigenvalue weighted by atomic mass is 10.3. The van der Waals surface area contributed by atoms with Crippen molar-refractivity contribution in [3.05, 3.63) is 29.3 Å². The average Bonchev–Trinajstić information content (AvgIpc) is 2.46. The van der Waals surface area contributed by atoms with E-state index in [1.165, 1.54) is 24.3 Å². The molecule has 2 N–H and O–H groups in total. The summed E-state index contributed by atoms with van der Waals surface area (Å²) >= 11 is 5.72. The standard InChI is InChI=1S/C15H23ClN2O4S/c1-12(2)22-11-3-9-17-15(19)8-10-18-23(20,21)14-6-4-13(16)5-7-14/h4-7,12,18H,3,8-11H2,1-2H3,(H,17,19). The molecule has 6 nitrogen and oxygen atoms in total. The monoisotopic (exact) mass is 362 g/mol. The van der Waals surface area contributed by atoms with Crippen molar-refractivity contribution < 1.29 is 17.9 Å². The molecule has 1 aromatic rings. The van der Waals surface area contributed by atoms with Gasteiger partial charge in [0.05, 0.1) is 11.0 Å². The minimum Gasteiger partial charge on any atom is -0.379 e. The third-order valence-corrected chi connectivity index (χ3v) is 4.59. The summed E-state index contributed by atoms with van der Waals surface area (Å²) in [6.07, 6.45) is 0.978. The van der Waals surface area contributed by atoms with E-state index in [0.717, 1.165) is 6.42 Å². The lowest BCUT2D eigenvalue weighted by Crippen LogP contribution is -2.31. The van der Waals surface area contributed by atoms with Crippen LogP contribution in [0, 0.1) is 0 Å². The topological polar surface area (TPSA) is 84.5 Å². The first-order valence-corrected chi connectivity index (χ1v) is 9.31. The summed E-state index contributed by atoms with van der Waals surface area (Å²) < 4.78 is 31.7. The molecule has 0 aliphatic carbocycles. The fraction of sp³-hybridized carbons (Fsp3) is 0.533. The fourth-order valence-corrected chi connectivity index (χ4v) is 2.86. The smallest absolute Gasteiger partial charge is 0.240 e. The molecule has 8 heteroatoms. The maximum Gasteiger partial charge on any atom is 0.240 e. The Bertz CT molecular complexity index is 588. The van der Waals surface area contributed by atoms with Gasteiger partial charge in [-0.1, -0.05) is 11.6 Å². The zero-order valence-electron chi connectivity index (χ0n) is 13.3. The van der Waals surface area contributed by atoms with Gasteiger partial charge in [-0.3, -0.25) is 4.79 Å². The van der Waals surface area contributed by atoms with Crippen LogP contribution in [-0.2, 0) is 19.6 Å². The molecular formula is C15H23ClN2O4S. The Morgan fingerprint density at radius 2 is 1.87 bits per heavy atom. The highest BCUT2D eigenvalue weighted by atomic mass is 35.5. The van der Waals surface area contributed by atoms with Gasteiger partial charge >= 0.3 is 0 Å². The second kappa shape index (κ2) is 9.87. The first-order chi connectivity index (χ1) is 10.8. The molecule has 0 spiro atoms. The van der Waals surface area contributed by atoms with Crippen molar-refractivity contribution in [1.82, 2.24) is 10.0 Å². The molecule has 0 atom stereocenters. The number of carbonyl (C=O) groups excluding carboxylic acids is 1. The predicted octanol–water partition coefficient (Wildman–Crippen LogP) is 1.94. The van der Waals surface area contributed by atoms with Crippen LogP contribution in [0.5, 0.6) is 0 Å². The normalized spacial score (nSPS) is 11.7. The Hall–Kier alpha value is -1.15. The number of nitrogens with one attached hydrogen (secondary N) is 2. The molecule has 0 fully saturated rings. The summed E-state index contributed by atoms with van der Waals surface area (Å²) in [4.78, 5) is 11.7. The number of halogens is 1. The predicted molar refractivity (Wildman–Crippen MR) is 90.0 cm³/mol. The Balaban J connectivity index is 2.25. The number of hydrogen-bond donors (Lipinski definition) is 2. The van der Waals surface area contributed by atoms with E-state index in [1.807, 2.05) is 13.8 Å². The van der Waals surface area contributed by atoms with E-state index in [2.05, 4.69) is 10.0 Å². The molecule has 1 amide bonds. The van der Waals surface area contributed by atoms with Crippen molar-refractivity contribution in [2.45, 2.75) is 37.7 Å². The lowest BCUT2D eigenvalue weighted by Gasteiger charge is -2.09. The second-order valence-corrected chi connectivity index (χ2v) is 7.43. The maximum absolute atomic E-state index is 12.0. The number of rotatable bonds is 10. The zero-order valence-corrected chi connectivity index (χ0v) is 14.9. The van der Waals surface area contributed by atoms with Gasteiger partial charge in [0.25, 0.3) is 0 Å². The molecule has 0 saturated carbocycles. The average molecular weight is 363 g/mol. The van der Waals surface area contributed by atoms with Gasteiger partial charge < -0.3 is 10.1 Å². The Morgan fingerprint density at radius 3 is 2.48 bits per heavy atom. The highest BCUT2D eigenvalue weighted by Crippen LogP contribution is 2.13. The number of carbonyl (C=O) groups is 1. The summed E-state index contributed by atoms with van der Waals surface area (Å²) in [5, 5.41) is 3.18. The summed E-state index contributed by atoms with van der Waals surface area (Å²) in [5.41, 5.74) is 0. The quantitative estimate of drug-likeness (QED) is 0.623. The van der Waals surface area contributed by atoms with E-state index in [0.29, 0.717) is 18.2 Å². The molecule has 0 aromatic heterocycles. The van der Waals surface area contributed by atoms with Crippen LogP contribution in [-0.4, -0.2) is 40.1 Å². The van der Waals surface area contributed by atoms with Gasteiger partial charge in [-0.25, -0.2) is 13.1 Å². The van der Waals surface area contributed by atoms with Crippen LogP contribution in [0.3, 0.4) is 0 Å². The van der Waals surface area contributed by atoms with Gasteiger partial charge in [-0.2, -0.15) is 0 Å². The largest absolute Gasteiger partial charge is 0.379 e. The van der Waals surface area contributed by atoms with Crippen LogP contribution < -0.4 is 10.0 Å². The summed E-state index contributed by atoms with van der Waals surface area (Å²) in [6, 6.07) is 5.84. The first-order valence-electron chi connectivity index (χ1n) is 7.45. The molecule has 0 bridgehead atoms. The van der Waals surface area contributed by atoms with Gasteiger partial charge in [0.1, 0.15) is 0 Å². The van der Waals surface area contributed by atoms with Crippen molar-refractivity contribution in [3.8, 4) is 0 Å². The Kier molecular flexibility index (Phi) is 8.54. The molecule has 23 heavy (non-hydrogen) atoms. The van der Waals surface area contributed by atoms with Crippen molar-refractivity contribution in [3.63, 3.8) is 0 Å². The van der Waals surface area contributed by atoms with E-state index in [9.17, 15) is 13.2 Å². The fourth-order valence-electron chi connectivity index (χ4n) is 1.70.